The first kappa shape index (κ1) is 14.0. The zero-order valence-electron chi connectivity index (χ0n) is 11.1. The molecule has 0 fully saturated rings. The molecule has 1 atom stereocenters. The second kappa shape index (κ2) is 6.69. The highest BCUT2D eigenvalue weighted by Gasteiger charge is 2.05. The van der Waals surface area contributed by atoms with E-state index in [1.54, 1.807) is 0 Å². The van der Waals surface area contributed by atoms with Crippen LogP contribution < -0.4 is 5.32 Å². The van der Waals surface area contributed by atoms with Crippen LogP contribution >= 0.6 is 15.9 Å². The third kappa shape index (κ3) is 4.05. The third-order valence-electron chi connectivity index (χ3n) is 3.17. The molecule has 0 saturated carbocycles. The number of benzene rings is 2. The highest BCUT2D eigenvalue weighted by atomic mass is 79.9. The average molecular weight is 316 g/mol. The zero-order chi connectivity index (χ0) is 13.7. The number of nitrogens with one attached hydrogen (secondary N) is 1. The zero-order valence-corrected chi connectivity index (χ0v) is 12.7. The summed E-state index contributed by atoms with van der Waals surface area (Å²) in [6, 6.07) is 19.0. The molecule has 1 unspecified atom stereocenters. The molecule has 0 heterocycles. The number of halogens is 1. The Bertz CT molecular complexity index is 531. The van der Waals surface area contributed by atoms with E-state index in [2.05, 4.69) is 71.1 Å². The van der Waals surface area contributed by atoms with Crippen molar-refractivity contribution in [2.75, 3.05) is 6.54 Å². The second-order valence-corrected chi connectivity index (χ2v) is 5.54. The first-order valence-corrected chi connectivity index (χ1v) is 7.18. The van der Waals surface area contributed by atoms with E-state index in [1.165, 1.54) is 11.1 Å². The van der Waals surface area contributed by atoms with Crippen molar-refractivity contribution in [3.8, 4) is 0 Å². The highest BCUT2D eigenvalue weighted by molar-refractivity contribution is 9.10. The summed E-state index contributed by atoms with van der Waals surface area (Å²) in [5, 5.41) is 3.50. The minimum absolute atomic E-state index is 0.313. The Balaban J connectivity index is 1.92. The van der Waals surface area contributed by atoms with Crippen LogP contribution in [0.15, 0.2) is 65.6 Å². The van der Waals surface area contributed by atoms with Gasteiger partial charge in [0.2, 0.25) is 0 Å². The van der Waals surface area contributed by atoms with Gasteiger partial charge in [0.1, 0.15) is 0 Å². The number of hydrogen-bond acceptors (Lipinski definition) is 1. The van der Waals surface area contributed by atoms with Gasteiger partial charge >= 0.3 is 0 Å². The molecule has 0 aliphatic carbocycles. The van der Waals surface area contributed by atoms with E-state index in [4.69, 9.17) is 0 Å². The van der Waals surface area contributed by atoms with Gasteiger partial charge in [-0.05, 0) is 35.8 Å². The quantitative estimate of drug-likeness (QED) is 0.834. The lowest BCUT2D eigenvalue weighted by molar-refractivity contribution is 0.622. The number of hydrogen-bond donors (Lipinski definition) is 1. The van der Waals surface area contributed by atoms with Gasteiger partial charge in [-0.25, -0.2) is 0 Å². The van der Waals surface area contributed by atoms with Gasteiger partial charge in [-0.3, -0.25) is 0 Å². The van der Waals surface area contributed by atoms with E-state index in [0.29, 0.717) is 6.04 Å². The highest BCUT2D eigenvalue weighted by Crippen LogP contribution is 2.17. The summed E-state index contributed by atoms with van der Waals surface area (Å²) in [5.74, 6) is 0. The topological polar surface area (TPSA) is 12.0 Å². The molecule has 19 heavy (non-hydrogen) atoms. The summed E-state index contributed by atoms with van der Waals surface area (Å²) in [6.07, 6.45) is 0. The molecule has 0 amide bonds. The van der Waals surface area contributed by atoms with E-state index in [1.807, 2.05) is 18.2 Å². The van der Waals surface area contributed by atoms with Gasteiger partial charge in [-0.1, -0.05) is 65.0 Å². The Labute approximate surface area is 123 Å². The van der Waals surface area contributed by atoms with Gasteiger partial charge in [0.15, 0.2) is 0 Å². The van der Waals surface area contributed by atoms with Crippen LogP contribution in [0, 0.1) is 0 Å². The van der Waals surface area contributed by atoms with Crippen molar-refractivity contribution < 1.29 is 0 Å². The fraction of sp³-hybridized carbons (Fsp3) is 0.176. The Morgan fingerprint density at radius 2 is 1.74 bits per heavy atom. The van der Waals surface area contributed by atoms with Gasteiger partial charge in [-0.2, -0.15) is 0 Å². The maximum atomic E-state index is 4.13. The van der Waals surface area contributed by atoms with Crippen molar-refractivity contribution in [2.45, 2.75) is 13.0 Å². The molecule has 0 saturated heterocycles. The van der Waals surface area contributed by atoms with Gasteiger partial charge < -0.3 is 5.32 Å². The molecule has 0 bridgehead atoms. The molecule has 0 radical (unpaired) electrons. The summed E-state index contributed by atoms with van der Waals surface area (Å²) in [4.78, 5) is 0. The predicted octanol–water partition coefficient (Wildman–Crippen LogP) is 4.81. The minimum Gasteiger partial charge on any atom is -0.306 e. The van der Waals surface area contributed by atoms with Crippen molar-refractivity contribution in [1.82, 2.24) is 5.32 Å². The summed E-state index contributed by atoms with van der Waals surface area (Å²) in [7, 11) is 0. The summed E-state index contributed by atoms with van der Waals surface area (Å²) in [5.41, 5.74) is 3.59. The molecule has 98 valence electrons. The molecule has 2 rings (SSSR count). The van der Waals surface area contributed by atoms with Crippen molar-refractivity contribution in [2.24, 2.45) is 0 Å². The van der Waals surface area contributed by atoms with Crippen molar-refractivity contribution >= 4 is 21.5 Å². The SMILES string of the molecule is C=C(CNC(C)c1ccc(Br)cc1)c1ccccc1. The predicted molar refractivity (Wildman–Crippen MR) is 86.0 cm³/mol. The van der Waals surface area contributed by atoms with E-state index in [-0.39, 0.29) is 0 Å². The molecule has 2 aromatic rings. The lowest BCUT2D eigenvalue weighted by Crippen LogP contribution is -2.20. The van der Waals surface area contributed by atoms with E-state index in [9.17, 15) is 0 Å². The maximum Gasteiger partial charge on any atom is 0.0294 e. The van der Waals surface area contributed by atoms with Crippen LogP contribution in [-0.4, -0.2) is 6.54 Å². The van der Waals surface area contributed by atoms with Gasteiger partial charge in [0, 0.05) is 17.1 Å². The van der Waals surface area contributed by atoms with E-state index >= 15 is 0 Å². The van der Waals surface area contributed by atoms with Crippen LogP contribution in [0.1, 0.15) is 24.1 Å². The minimum atomic E-state index is 0.313. The molecule has 1 N–H and O–H groups in total. The molecule has 0 aliphatic heterocycles. The summed E-state index contributed by atoms with van der Waals surface area (Å²) < 4.78 is 1.11. The summed E-state index contributed by atoms with van der Waals surface area (Å²) in [6.45, 7) is 7.10. The first-order chi connectivity index (χ1) is 9.16. The fourth-order valence-corrected chi connectivity index (χ4v) is 2.19. The molecule has 0 aliphatic rings. The van der Waals surface area contributed by atoms with Crippen LogP contribution in [0.2, 0.25) is 0 Å². The lowest BCUT2D eigenvalue weighted by Gasteiger charge is -2.15. The molecule has 2 aromatic carbocycles. The van der Waals surface area contributed by atoms with Crippen LogP contribution in [-0.2, 0) is 0 Å². The second-order valence-electron chi connectivity index (χ2n) is 4.62. The van der Waals surface area contributed by atoms with Gasteiger partial charge in [-0.15, -0.1) is 0 Å². The number of rotatable bonds is 5. The van der Waals surface area contributed by atoms with Crippen molar-refractivity contribution in [3.63, 3.8) is 0 Å². The maximum absolute atomic E-state index is 4.13. The monoisotopic (exact) mass is 315 g/mol. The van der Waals surface area contributed by atoms with Gasteiger partial charge in [0.25, 0.3) is 0 Å². The molecule has 0 aromatic heterocycles. The van der Waals surface area contributed by atoms with E-state index < -0.39 is 0 Å². The standard InChI is InChI=1S/C17H18BrN/c1-13(15-6-4-3-5-7-15)12-19-14(2)16-8-10-17(18)11-9-16/h3-11,14,19H,1,12H2,2H3. The largest absolute Gasteiger partial charge is 0.306 e. The van der Waals surface area contributed by atoms with Crippen LogP contribution in [0.5, 0.6) is 0 Å². The average Bonchev–Trinajstić information content (AvgIpc) is 2.46. The Morgan fingerprint density at radius 3 is 2.37 bits per heavy atom. The molecule has 2 heteroatoms. The van der Waals surface area contributed by atoms with Gasteiger partial charge in [0.05, 0.1) is 0 Å². The van der Waals surface area contributed by atoms with Crippen LogP contribution in [0.3, 0.4) is 0 Å². The molecular weight excluding hydrogens is 298 g/mol. The molecule has 1 nitrogen and oxygen atoms in total. The lowest BCUT2D eigenvalue weighted by atomic mass is 10.1. The Morgan fingerprint density at radius 1 is 1.11 bits per heavy atom. The molecule has 0 spiro atoms. The van der Waals surface area contributed by atoms with Crippen molar-refractivity contribution in [3.05, 3.63) is 76.8 Å². The Kier molecular flexibility index (Phi) is 4.94. The first-order valence-electron chi connectivity index (χ1n) is 6.39. The normalized spacial score (nSPS) is 12.1. The van der Waals surface area contributed by atoms with Crippen molar-refractivity contribution in [1.29, 1.82) is 0 Å². The third-order valence-corrected chi connectivity index (χ3v) is 3.70. The fourth-order valence-electron chi connectivity index (χ4n) is 1.92. The van der Waals surface area contributed by atoms with Crippen LogP contribution in [0.4, 0.5) is 0 Å². The van der Waals surface area contributed by atoms with Crippen LogP contribution in [0.25, 0.3) is 5.57 Å². The smallest absolute Gasteiger partial charge is 0.0294 e. The molecular formula is C17H18BrN. The summed E-state index contributed by atoms with van der Waals surface area (Å²) >= 11 is 3.45. The van der Waals surface area contributed by atoms with E-state index in [0.717, 1.165) is 16.6 Å². The Hall–Kier alpha value is -1.38.